The monoisotopic (exact) mass is 558 g/mol. The summed E-state index contributed by atoms with van der Waals surface area (Å²) in [4.78, 5) is 12.9. The number of halogens is 1. The number of hydrogen-bond acceptors (Lipinski definition) is 7. The van der Waals surface area contributed by atoms with Crippen molar-refractivity contribution in [2.45, 2.75) is 25.9 Å². The number of para-hydroxylation sites is 2. The first kappa shape index (κ1) is 28.8. The van der Waals surface area contributed by atoms with Gasteiger partial charge in [-0.15, -0.1) is 0 Å². The Kier molecular flexibility index (Phi) is 10.2. The van der Waals surface area contributed by atoms with Gasteiger partial charge in [-0.3, -0.25) is 0 Å². The molecule has 206 valence electrons. The van der Waals surface area contributed by atoms with Crippen LogP contribution in [0.4, 0.5) is 0 Å². The highest BCUT2D eigenvalue weighted by molar-refractivity contribution is 6.31. The van der Waals surface area contributed by atoms with Gasteiger partial charge in [0.15, 0.2) is 11.5 Å². The zero-order chi connectivity index (χ0) is 28.3. The van der Waals surface area contributed by atoms with Gasteiger partial charge in [0.2, 0.25) is 0 Å². The van der Waals surface area contributed by atoms with E-state index in [1.165, 1.54) is 7.11 Å². The number of carbonyl (C=O) groups is 1. The summed E-state index contributed by atoms with van der Waals surface area (Å²) in [6.45, 7) is 3.17. The van der Waals surface area contributed by atoms with Crippen LogP contribution in [0.1, 0.15) is 30.4 Å². The van der Waals surface area contributed by atoms with E-state index in [9.17, 15) is 10.1 Å². The Balaban J connectivity index is 1.37. The smallest absolute Gasteiger partial charge is 0.336 e. The molecule has 3 aromatic carbocycles. The number of nitrogens with zero attached hydrogens (tertiary/aromatic N) is 1. The van der Waals surface area contributed by atoms with Gasteiger partial charge < -0.3 is 24.3 Å². The van der Waals surface area contributed by atoms with Crippen LogP contribution in [0.2, 0.25) is 5.02 Å². The molecule has 1 aliphatic heterocycles. The highest BCUT2D eigenvalue weighted by atomic mass is 35.5. The molecule has 3 aromatic rings. The fourth-order valence-electron chi connectivity index (χ4n) is 4.47. The molecular formula is C32H31ClN2O5. The lowest BCUT2D eigenvalue weighted by Crippen LogP contribution is -2.31. The molecule has 1 atom stereocenters. The summed E-state index contributed by atoms with van der Waals surface area (Å²) in [7, 11) is 1.31. The molecule has 0 amide bonds. The minimum Gasteiger partial charge on any atom is -0.490 e. The van der Waals surface area contributed by atoms with E-state index in [-0.39, 0.29) is 6.61 Å². The van der Waals surface area contributed by atoms with E-state index in [1.54, 1.807) is 19.1 Å². The summed E-state index contributed by atoms with van der Waals surface area (Å²) in [5.74, 6) is 0.122. The van der Waals surface area contributed by atoms with E-state index in [0.717, 1.165) is 5.56 Å². The molecule has 0 radical (unpaired) electrons. The van der Waals surface area contributed by atoms with Crippen molar-refractivity contribution >= 4 is 17.6 Å². The van der Waals surface area contributed by atoms with Crippen LogP contribution < -0.4 is 14.8 Å². The Hall–Kier alpha value is -4.25. The van der Waals surface area contributed by atoms with Gasteiger partial charge in [0.1, 0.15) is 6.61 Å². The zero-order valence-electron chi connectivity index (χ0n) is 22.5. The lowest BCUT2D eigenvalue weighted by Gasteiger charge is -2.30. The Bertz CT molecular complexity index is 1430. The van der Waals surface area contributed by atoms with E-state index in [2.05, 4.69) is 11.4 Å². The Morgan fingerprint density at radius 2 is 1.60 bits per heavy atom. The maximum absolute atomic E-state index is 12.9. The van der Waals surface area contributed by atoms with E-state index >= 15 is 0 Å². The molecule has 1 aliphatic rings. The molecule has 0 aliphatic carbocycles. The second-order valence-corrected chi connectivity index (χ2v) is 9.50. The molecule has 0 bridgehead atoms. The second kappa shape index (κ2) is 14.2. The van der Waals surface area contributed by atoms with Crippen molar-refractivity contribution < 1.29 is 23.7 Å². The van der Waals surface area contributed by atoms with Gasteiger partial charge in [-0.05, 0) is 36.2 Å². The van der Waals surface area contributed by atoms with Crippen LogP contribution in [-0.2, 0) is 20.9 Å². The van der Waals surface area contributed by atoms with Gasteiger partial charge in [-0.2, -0.15) is 5.26 Å². The van der Waals surface area contributed by atoms with Crippen molar-refractivity contribution in [3.63, 3.8) is 0 Å². The third kappa shape index (κ3) is 7.03. The van der Waals surface area contributed by atoms with Gasteiger partial charge in [0, 0.05) is 17.1 Å². The summed E-state index contributed by atoms with van der Waals surface area (Å²) < 4.78 is 22.9. The maximum Gasteiger partial charge on any atom is 0.336 e. The first-order valence-electron chi connectivity index (χ1n) is 12.9. The Morgan fingerprint density at radius 1 is 0.925 bits per heavy atom. The molecule has 40 heavy (non-hydrogen) atoms. The average molecular weight is 559 g/mol. The maximum atomic E-state index is 12.9. The third-order valence-electron chi connectivity index (χ3n) is 6.41. The Morgan fingerprint density at radius 3 is 2.30 bits per heavy atom. The van der Waals surface area contributed by atoms with Crippen molar-refractivity contribution in [3.8, 4) is 17.6 Å². The lowest BCUT2D eigenvalue weighted by atomic mass is 9.81. The van der Waals surface area contributed by atoms with E-state index in [1.807, 2.05) is 66.7 Å². The van der Waals surface area contributed by atoms with Gasteiger partial charge in [0.05, 0.1) is 55.8 Å². The number of hydrogen-bond donors (Lipinski definition) is 1. The van der Waals surface area contributed by atoms with Crippen LogP contribution in [0.15, 0.2) is 101 Å². The van der Waals surface area contributed by atoms with Crippen molar-refractivity contribution in [1.82, 2.24) is 5.32 Å². The van der Waals surface area contributed by atoms with E-state index < -0.39 is 11.9 Å². The van der Waals surface area contributed by atoms with Crippen molar-refractivity contribution in [3.05, 3.63) is 118 Å². The van der Waals surface area contributed by atoms with Crippen LogP contribution in [0.5, 0.6) is 11.5 Å². The molecule has 8 heteroatoms. The standard InChI is InChI=1S/C32H31ClN2O5/c1-22-25(19-34)30(24-13-6-7-14-26(24)33)31(32(36)37-2)27(35-22)21-38-17-10-18-39-28-15-8-9-16-29(28)40-20-23-11-4-3-5-12-23/h3-9,11-16,30,35H,10,17-18,20-21H2,1-2H3. The first-order valence-corrected chi connectivity index (χ1v) is 13.3. The lowest BCUT2D eigenvalue weighted by molar-refractivity contribution is -0.136. The number of nitrogens with one attached hydrogen (secondary N) is 1. The molecule has 1 heterocycles. The SMILES string of the molecule is COC(=O)C1=C(COCCCOc2ccccc2OCc2ccccc2)NC(C)=C(C#N)C1c1ccccc1Cl. The highest BCUT2D eigenvalue weighted by Gasteiger charge is 2.36. The molecule has 1 unspecified atom stereocenters. The van der Waals surface area contributed by atoms with Crippen molar-refractivity contribution in [2.24, 2.45) is 0 Å². The Labute approximate surface area is 239 Å². The summed E-state index contributed by atoms with van der Waals surface area (Å²) in [5.41, 5.74) is 3.60. The zero-order valence-corrected chi connectivity index (χ0v) is 23.2. The van der Waals surface area contributed by atoms with Crippen molar-refractivity contribution in [1.29, 1.82) is 5.26 Å². The third-order valence-corrected chi connectivity index (χ3v) is 6.75. The summed E-state index contributed by atoms with van der Waals surface area (Å²) in [5, 5.41) is 13.5. The number of ether oxygens (including phenoxy) is 4. The minimum absolute atomic E-state index is 0.123. The fraction of sp³-hybridized carbons (Fsp3) is 0.250. The van der Waals surface area contributed by atoms with Gasteiger partial charge >= 0.3 is 5.97 Å². The van der Waals surface area contributed by atoms with Gasteiger partial charge in [-0.25, -0.2) is 4.79 Å². The molecule has 0 saturated heterocycles. The number of carbonyl (C=O) groups excluding carboxylic acids is 1. The quantitative estimate of drug-likeness (QED) is 0.205. The van der Waals surface area contributed by atoms with Crippen LogP contribution in [0.25, 0.3) is 0 Å². The fourth-order valence-corrected chi connectivity index (χ4v) is 4.72. The predicted molar refractivity (Wildman–Crippen MR) is 153 cm³/mol. The van der Waals surface area contributed by atoms with Crippen LogP contribution in [0.3, 0.4) is 0 Å². The van der Waals surface area contributed by atoms with Crippen LogP contribution in [-0.4, -0.2) is 32.9 Å². The molecule has 0 spiro atoms. The molecule has 0 saturated carbocycles. The van der Waals surface area contributed by atoms with Crippen LogP contribution >= 0.6 is 11.6 Å². The number of allylic oxidation sites excluding steroid dienone is 2. The molecule has 0 fully saturated rings. The number of rotatable bonds is 12. The molecular weight excluding hydrogens is 528 g/mol. The van der Waals surface area contributed by atoms with Crippen LogP contribution in [0, 0.1) is 11.3 Å². The van der Waals surface area contributed by atoms with Gasteiger partial charge in [-0.1, -0.05) is 72.3 Å². The summed E-state index contributed by atoms with van der Waals surface area (Å²) >= 11 is 6.48. The first-order chi connectivity index (χ1) is 19.5. The van der Waals surface area contributed by atoms with E-state index in [0.29, 0.717) is 70.9 Å². The normalized spacial score (nSPS) is 14.8. The number of dihydropyridines is 1. The number of benzene rings is 3. The molecule has 7 nitrogen and oxygen atoms in total. The second-order valence-electron chi connectivity index (χ2n) is 9.09. The average Bonchev–Trinajstić information content (AvgIpc) is 2.98. The topological polar surface area (TPSA) is 89.8 Å². The summed E-state index contributed by atoms with van der Waals surface area (Å²) in [6, 6.07) is 26.9. The molecule has 1 N–H and O–H groups in total. The number of methoxy groups -OCH3 is 1. The predicted octanol–water partition coefficient (Wildman–Crippen LogP) is 6.32. The summed E-state index contributed by atoms with van der Waals surface area (Å²) in [6.07, 6.45) is 0.611. The molecule has 0 aromatic heterocycles. The highest BCUT2D eigenvalue weighted by Crippen LogP contribution is 2.41. The largest absolute Gasteiger partial charge is 0.490 e. The van der Waals surface area contributed by atoms with E-state index in [4.69, 9.17) is 30.5 Å². The number of nitriles is 1. The number of esters is 1. The van der Waals surface area contributed by atoms with Crippen molar-refractivity contribution in [2.75, 3.05) is 26.9 Å². The van der Waals surface area contributed by atoms with Gasteiger partial charge in [0.25, 0.3) is 0 Å². The minimum atomic E-state index is -0.665. The molecule has 4 rings (SSSR count).